The summed E-state index contributed by atoms with van der Waals surface area (Å²) < 4.78 is 5.86. The number of benzene rings is 1. The Hall–Kier alpha value is -1.55. The topological polar surface area (TPSA) is 49.8 Å². The molecule has 0 radical (unpaired) electrons. The SMILES string of the molecule is CC(C)c1ccc(OC[C@@H]2CCCN(CC(=O)O)C2)cc1. The van der Waals surface area contributed by atoms with Crippen LogP contribution in [0.5, 0.6) is 5.75 Å². The quantitative estimate of drug-likeness (QED) is 0.875. The third kappa shape index (κ3) is 5.05. The summed E-state index contributed by atoms with van der Waals surface area (Å²) in [5.74, 6) is 1.10. The number of carboxylic acids is 1. The summed E-state index contributed by atoms with van der Waals surface area (Å²) in [5, 5.41) is 8.86. The van der Waals surface area contributed by atoms with Gasteiger partial charge in [0.25, 0.3) is 0 Å². The van der Waals surface area contributed by atoms with Crippen LogP contribution in [0.25, 0.3) is 0 Å². The fraction of sp³-hybridized carbons (Fsp3) is 0.588. The Morgan fingerprint density at radius 3 is 2.71 bits per heavy atom. The summed E-state index contributed by atoms with van der Waals surface area (Å²) in [4.78, 5) is 12.8. The Kier molecular flexibility index (Phi) is 5.62. The lowest BCUT2D eigenvalue weighted by molar-refractivity contribution is -0.138. The largest absolute Gasteiger partial charge is 0.493 e. The van der Waals surface area contributed by atoms with E-state index >= 15 is 0 Å². The highest BCUT2D eigenvalue weighted by molar-refractivity contribution is 5.69. The Labute approximate surface area is 126 Å². The molecule has 0 saturated carbocycles. The maximum atomic E-state index is 10.8. The van der Waals surface area contributed by atoms with Gasteiger partial charge >= 0.3 is 5.97 Å². The van der Waals surface area contributed by atoms with Crippen LogP contribution in [0.1, 0.15) is 38.2 Å². The Balaban J connectivity index is 1.80. The van der Waals surface area contributed by atoms with Crippen LogP contribution in [0.2, 0.25) is 0 Å². The van der Waals surface area contributed by atoms with Crippen molar-refractivity contribution in [2.24, 2.45) is 5.92 Å². The number of rotatable bonds is 6. The van der Waals surface area contributed by atoms with Crippen molar-refractivity contribution in [3.05, 3.63) is 29.8 Å². The number of hydrogen-bond acceptors (Lipinski definition) is 3. The van der Waals surface area contributed by atoms with Gasteiger partial charge in [-0.05, 0) is 43.0 Å². The van der Waals surface area contributed by atoms with E-state index in [1.165, 1.54) is 5.56 Å². The molecule has 2 rings (SSSR count). The highest BCUT2D eigenvalue weighted by atomic mass is 16.5. The van der Waals surface area contributed by atoms with E-state index in [9.17, 15) is 4.79 Å². The Morgan fingerprint density at radius 1 is 1.38 bits per heavy atom. The molecule has 21 heavy (non-hydrogen) atoms. The molecule has 0 unspecified atom stereocenters. The van der Waals surface area contributed by atoms with Gasteiger partial charge in [-0.2, -0.15) is 0 Å². The molecule has 0 spiro atoms. The second-order valence-corrected chi connectivity index (χ2v) is 6.17. The minimum atomic E-state index is -0.749. The summed E-state index contributed by atoms with van der Waals surface area (Å²) in [6.45, 7) is 6.85. The molecule has 0 amide bonds. The van der Waals surface area contributed by atoms with Crippen LogP contribution in [-0.2, 0) is 4.79 Å². The summed E-state index contributed by atoms with van der Waals surface area (Å²) >= 11 is 0. The number of hydrogen-bond donors (Lipinski definition) is 1. The molecule has 1 aliphatic rings. The molecule has 1 saturated heterocycles. The highest BCUT2D eigenvalue weighted by Crippen LogP contribution is 2.21. The van der Waals surface area contributed by atoms with Crippen molar-refractivity contribution in [2.75, 3.05) is 26.2 Å². The predicted octanol–water partition coefficient (Wildman–Crippen LogP) is 2.99. The molecule has 1 aromatic rings. The van der Waals surface area contributed by atoms with Gasteiger partial charge in [0.05, 0.1) is 13.2 Å². The highest BCUT2D eigenvalue weighted by Gasteiger charge is 2.21. The number of aliphatic carboxylic acids is 1. The monoisotopic (exact) mass is 291 g/mol. The fourth-order valence-electron chi connectivity index (χ4n) is 2.79. The molecule has 4 nitrogen and oxygen atoms in total. The average Bonchev–Trinajstić information content (AvgIpc) is 2.45. The first kappa shape index (κ1) is 15.8. The summed E-state index contributed by atoms with van der Waals surface area (Å²) in [5.41, 5.74) is 1.31. The van der Waals surface area contributed by atoms with E-state index in [1.54, 1.807) is 0 Å². The van der Waals surface area contributed by atoms with Gasteiger partial charge in [0, 0.05) is 12.5 Å². The van der Waals surface area contributed by atoms with E-state index in [1.807, 2.05) is 17.0 Å². The number of ether oxygens (including phenoxy) is 1. The van der Waals surface area contributed by atoms with E-state index in [0.29, 0.717) is 18.4 Å². The van der Waals surface area contributed by atoms with Crippen LogP contribution in [0.3, 0.4) is 0 Å². The number of likely N-dealkylation sites (tertiary alicyclic amines) is 1. The van der Waals surface area contributed by atoms with Crippen LogP contribution >= 0.6 is 0 Å². The van der Waals surface area contributed by atoms with Crippen LogP contribution in [-0.4, -0.2) is 42.2 Å². The molecule has 1 aromatic carbocycles. The first-order valence-electron chi connectivity index (χ1n) is 7.71. The summed E-state index contributed by atoms with van der Waals surface area (Å²) in [6, 6.07) is 8.26. The molecule has 0 aromatic heterocycles. The maximum Gasteiger partial charge on any atom is 0.317 e. The second kappa shape index (κ2) is 7.46. The van der Waals surface area contributed by atoms with Gasteiger partial charge in [-0.3, -0.25) is 9.69 Å². The zero-order valence-corrected chi connectivity index (χ0v) is 12.9. The van der Waals surface area contributed by atoms with Gasteiger partial charge in [-0.15, -0.1) is 0 Å². The van der Waals surface area contributed by atoms with E-state index in [4.69, 9.17) is 9.84 Å². The molecule has 1 N–H and O–H groups in total. The van der Waals surface area contributed by atoms with Crippen molar-refractivity contribution in [1.29, 1.82) is 0 Å². The van der Waals surface area contributed by atoms with E-state index < -0.39 is 5.97 Å². The number of nitrogens with zero attached hydrogens (tertiary/aromatic N) is 1. The molecule has 0 bridgehead atoms. The fourth-order valence-corrected chi connectivity index (χ4v) is 2.79. The van der Waals surface area contributed by atoms with Crippen molar-refractivity contribution in [3.8, 4) is 5.75 Å². The number of piperidine rings is 1. The van der Waals surface area contributed by atoms with Crippen LogP contribution in [0.15, 0.2) is 24.3 Å². The van der Waals surface area contributed by atoms with Crippen molar-refractivity contribution in [2.45, 2.75) is 32.6 Å². The molecule has 0 aliphatic carbocycles. The first-order valence-corrected chi connectivity index (χ1v) is 7.71. The summed E-state index contributed by atoms with van der Waals surface area (Å²) in [6.07, 6.45) is 2.16. The predicted molar refractivity (Wildman–Crippen MR) is 82.8 cm³/mol. The summed E-state index contributed by atoms with van der Waals surface area (Å²) in [7, 11) is 0. The van der Waals surface area contributed by atoms with E-state index in [0.717, 1.165) is 31.7 Å². The average molecular weight is 291 g/mol. The third-order valence-electron chi connectivity index (χ3n) is 3.99. The van der Waals surface area contributed by atoms with Crippen LogP contribution in [0, 0.1) is 5.92 Å². The third-order valence-corrected chi connectivity index (χ3v) is 3.99. The Bertz CT molecular complexity index is 456. The molecule has 116 valence electrons. The molecular weight excluding hydrogens is 266 g/mol. The van der Waals surface area contributed by atoms with Gasteiger partial charge in [-0.1, -0.05) is 26.0 Å². The Morgan fingerprint density at radius 2 is 2.10 bits per heavy atom. The standard InChI is InChI=1S/C17H25NO3/c1-13(2)15-5-7-16(8-6-15)21-12-14-4-3-9-18(10-14)11-17(19)20/h5-8,13-14H,3-4,9-12H2,1-2H3,(H,19,20)/t14-/m1/s1. The van der Waals surface area contributed by atoms with Crippen molar-refractivity contribution < 1.29 is 14.6 Å². The van der Waals surface area contributed by atoms with Crippen LogP contribution < -0.4 is 4.74 Å². The van der Waals surface area contributed by atoms with Crippen LogP contribution in [0.4, 0.5) is 0 Å². The molecular formula is C17H25NO3. The van der Waals surface area contributed by atoms with Gasteiger partial charge < -0.3 is 9.84 Å². The van der Waals surface area contributed by atoms with Crippen molar-refractivity contribution in [1.82, 2.24) is 4.90 Å². The molecule has 4 heteroatoms. The van der Waals surface area contributed by atoms with Gasteiger partial charge in [0.15, 0.2) is 0 Å². The number of carboxylic acid groups (broad SMARTS) is 1. The molecule has 1 heterocycles. The zero-order valence-electron chi connectivity index (χ0n) is 12.9. The van der Waals surface area contributed by atoms with Gasteiger partial charge in [0.2, 0.25) is 0 Å². The number of carbonyl (C=O) groups is 1. The normalized spacial score (nSPS) is 19.7. The smallest absolute Gasteiger partial charge is 0.317 e. The molecule has 1 aliphatic heterocycles. The maximum absolute atomic E-state index is 10.8. The lowest BCUT2D eigenvalue weighted by atomic mass is 9.99. The second-order valence-electron chi connectivity index (χ2n) is 6.17. The minimum Gasteiger partial charge on any atom is -0.493 e. The lowest BCUT2D eigenvalue weighted by Gasteiger charge is -2.31. The molecule has 1 fully saturated rings. The van der Waals surface area contributed by atoms with E-state index in [-0.39, 0.29) is 6.54 Å². The van der Waals surface area contributed by atoms with Crippen molar-refractivity contribution >= 4 is 5.97 Å². The minimum absolute atomic E-state index is 0.138. The van der Waals surface area contributed by atoms with Gasteiger partial charge in [-0.25, -0.2) is 0 Å². The zero-order chi connectivity index (χ0) is 15.2. The van der Waals surface area contributed by atoms with Crippen molar-refractivity contribution in [3.63, 3.8) is 0 Å². The lowest BCUT2D eigenvalue weighted by Crippen LogP contribution is -2.40. The van der Waals surface area contributed by atoms with Gasteiger partial charge in [0.1, 0.15) is 5.75 Å². The van der Waals surface area contributed by atoms with E-state index in [2.05, 4.69) is 26.0 Å². The molecule has 1 atom stereocenters. The first-order chi connectivity index (χ1) is 10.0.